The molecule has 1 fully saturated rings. The summed E-state index contributed by atoms with van der Waals surface area (Å²) in [5, 5.41) is 12.9. The van der Waals surface area contributed by atoms with Gasteiger partial charge in [0, 0.05) is 52.2 Å². The highest BCUT2D eigenvalue weighted by molar-refractivity contribution is 7.71. The molecule has 0 unspecified atom stereocenters. The lowest BCUT2D eigenvalue weighted by Gasteiger charge is -2.36. The van der Waals surface area contributed by atoms with Gasteiger partial charge >= 0.3 is 5.69 Å². The molecule has 2 N–H and O–H groups in total. The topological polar surface area (TPSA) is 110 Å². The Kier molecular flexibility index (Phi) is 6.03. The molecule has 4 rings (SSSR count). The number of carbonyl (C=O) groups is 1. The molecule has 1 aromatic carbocycles. The second-order valence-corrected chi connectivity index (χ2v) is 8.08. The van der Waals surface area contributed by atoms with Crippen LogP contribution < -0.4 is 15.9 Å². The van der Waals surface area contributed by atoms with Crippen molar-refractivity contribution in [2.24, 2.45) is 7.05 Å². The van der Waals surface area contributed by atoms with Gasteiger partial charge < -0.3 is 15.2 Å². The van der Waals surface area contributed by atoms with E-state index >= 15 is 0 Å². The van der Waals surface area contributed by atoms with Crippen molar-refractivity contribution < 1.29 is 4.79 Å². The molecular formula is C22H23N7O2S. The molecule has 0 atom stereocenters. The molecule has 0 spiro atoms. The third kappa shape index (κ3) is 4.12. The molecule has 3 heterocycles. The number of carbonyl (C=O) groups excluding carboxylic acids is 1. The molecule has 0 aliphatic carbocycles. The minimum absolute atomic E-state index is 0.224. The molecule has 0 radical (unpaired) electrons. The number of nitriles is 1. The Bertz CT molecular complexity index is 1350. The number of fused-ring (bicyclic) bond motifs is 1. The first-order chi connectivity index (χ1) is 15.4. The van der Waals surface area contributed by atoms with E-state index in [0.717, 1.165) is 54.9 Å². The number of aromatic amines is 1. The Balaban J connectivity index is 1.46. The number of rotatable bonds is 4. The minimum Gasteiger partial charge on any atom is -0.367 e. The van der Waals surface area contributed by atoms with Crippen molar-refractivity contribution in [1.29, 1.82) is 5.26 Å². The number of hydrogen-bond donors (Lipinski definition) is 2. The highest BCUT2D eigenvalue weighted by Gasteiger charge is 2.21. The first-order valence-corrected chi connectivity index (χ1v) is 10.6. The van der Waals surface area contributed by atoms with Gasteiger partial charge in [0.15, 0.2) is 5.69 Å². The maximum atomic E-state index is 12.0. The van der Waals surface area contributed by atoms with E-state index < -0.39 is 0 Å². The Hall–Kier alpha value is -3.55. The van der Waals surface area contributed by atoms with Gasteiger partial charge in [-0.3, -0.25) is 14.3 Å². The quantitative estimate of drug-likeness (QED) is 0.582. The average Bonchev–Trinajstić information content (AvgIpc) is 2.82. The van der Waals surface area contributed by atoms with E-state index in [-0.39, 0.29) is 23.0 Å². The molecule has 1 aliphatic rings. The molecule has 1 amide bonds. The zero-order valence-corrected chi connectivity index (χ0v) is 18.7. The van der Waals surface area contributed by atoms with Gasteiger partial charge in [0.2, 0.25) is 0 Å². The zero-order valence-electron chi connectivity index (χ0n) is 17.9. The number of pyridine rings is 1. The molecule has 32 heavy (non-hydrogen) atoms. The van der Waals surface area contributed by atoms with Crippen molar-refractivity contribution in [2.75, 3.05) is 38.1 Å². The van der Waals surface area contributed by atoms with Gasteiger partial charge in [-0.05, 0) is 29.8 Å². The second kappa shape index (κ2) is 8.90. The van der Waals surface area contributed by atoms with Gasteiger partial charge in [0.05, 0.1) is 11.2 Å². The van der Waals surface area contributed by atoms with Crippen molar-refractivity contribution in [1.82, 2.24) is 24.8 Å². The summed E-state index contributed by atoms with van der Waals surface area (Å²) < 4.78 is 1.95. The SMILES string of the molecule is CNC(=O)c1ccc(N2CCN(Cc3ccc4c(=S)n(C)c(=O)[nH]c4c3)CC2)c(C#N)n1. The second-order valence-electron chi connectivity index (χ2n) is 7.69. The van der Waals surface area contributed by atoms with Crippen LogP contribution in [0.15, 0.2) is 35.1 Å². The first kappa shape index (κ1) is 21.7. The Morgan fingerprint density at radius 2 is 2.00 bits per heavy atom. The molecule has 1 aliphatic heterocycles. The smallest absolute Gasteiger partial charge is 0.326 e. The normalized spacial score (nSPS) is 14.3. The van der Waals surface area contributed by atoms with E-state index in [1.165, 1.54) is 11.6 Å². The average molecular weight is 450 g/mol. The summed E-state index contributed by atoms with van der Waals surface area (Å²) in [6, 6.07) is 11.5. The van der Waals surface area contributed by atoms with Crippen LogP contribution in [0.4, 0.5) is 5.69 Å². The molecular weight excluding hydrogens is 426 g/mol. The van der Waals surface area contributed by atoms with Crippen LogP contribution in [-0.2, 0) is 13.6 Å². The van der Waals surface area contributed by atoms with Gasteiger partial charge in [-0.2, -0.15) is 5.26 Å². The zero-order chi connectivity index (χ0) is 22.8. The van der Waals surface area contributed by atoms with Gasteiger partial charge in [0.1, 0.15) is 16.4 Å². The standard InChI is InChI=1S/C22H23N7O2S/c1-24-20(30)16-5-6-19(18(12-23)25-16)29-9-7-28(8-10-29)13-14-3-4-15-17(11-14)26-22(31)27(2)21(15)32/h3-6,11H,7-10,13H2,1-2H3,(H,24,30)(H,26,31). The van der Waals surface area contributed by atoms with Crippen molar-refractivity contribution in [3.63, 3.8) is 0 Å². The number of nitrogens with one attached hydrogen (secondary N) is 2. The van der Waals surface area contributed by atoms with Gasteiger partial charge in [-0.1, -0.05) is 18.3 Å². The van der Waals surface area contributed by atoms with Crippen molar-refractivity contribution in [3.05, 3.63) is 62.4 Å². The van der Waals surface area contributed by atoms with Gasteiger partial charge in [-0.15, -0.1) is 0 Å². The van der Waals surface area contributed by atoms with Crippen LogP contribution in [0.25, 0.3) is 10.9 Å². The summed E-state index contributed by atoms with van der Waals surface area (Å²) >= 11 is 5.37. The van der Waals surface area contributed by atoms with Crippen molar-refractivity contribution >= 4 is 34.7 Å². The summed E-state index contributed by atoms with van der Waals surface area (Å²) in [7, 11) is 3.19. The number of aromatic nitrogens is 3. The van der Waals surface area contributed by atoms with Crippen LogP contribution in [0, 0.1) is 16.0 Å². The third-order valence-electron chi connectivity index (χ3n) is 5.72. The number of nitrogens with zero attached hydrogens (tertiary/aromatic N) is 5. The summed E-state index contributed by atoms with van der Waals surface area (Å²) in [6.45, 7) is 3.86. The molecule has 2 aromatic heterocycles. The monoisotopic (exact) mass is 449 g/mol. The van der Waals surface area contributed by atoms with E-state index in [2.05, 4.69) is 31.2 Å². The molecule has 164 valence electrons. The summed E-state index contributed by atoms with van der Waals surface area (Å²) in [5.74, 6) is -0.313. The number of piperazine rings is 1. The molecule has 3 aromatic rings. The highest BCUT2D eigenvalue weighted by atomic mass is 32.1. The fourth-order valence-electron chi connectivity index (χ4n) is 3.90. The summed E-state index contributed by atoms with van der Waals surface area (Å²) in [5.41, 5.74) is 2.85. The van der Waals surface area contributed by atoms with Crippen LogP contribution in [-0.4, -0.2) is 58.6 Å². The summed E-state index contributed by atoms with van der Waals surface area (Å²) in [4.78, 5) is 35.4. The highest BCUT2D eigenvalue weighted by Crippen LogP contribution is 2.22. The lowest BCUT2D eigenvalue weighted by molar-refractivity contribution is 0.0958. The Morgan fingerprint density at radius 3 is 2.69 bits per heavy atom. The first-order valence-electron chi connectivity index (χ1n) is 10.2. The van der Waals surface area contributed by atoms with E-state index in [1.807, 2.05) is 18.2 Å². The molecule has 0 saturated carbocycles. The summed E-state index contributed by atoms with van der Waals surface area (Å²) in [6.07, 6.45) is 0. The Labute approximate surface area is 189 Å². The lowest BCUT2D eigenvalue weighted by atomic mass is 10.1. The predicted molar refractivity (Wildman–Crippen MR) is 124 cm³/mol. The predicted octanol–water partition coefficient (Wildman–Crippen LogP) is 1.54. The van der Waals surface area contributed by atoms with E-state index in [0.29, 0.717) is 4.64 Å². The maximum Gasteiger partial charge on any atom is 0.326 e. The molecule has 1 saturated heterocycles. The number of anilines is 1. The van der Waals surface area contributed by atoms with Crippen LogP contribution >= 0.6 is 12.2 Å². The lowest BCUT2D eigenvalue weighted by Crippen LogP contribution is -2.46. The fourth-order valence-corrected chi connectivity index (χ4v) is 4.16. The Morgan fingerprint density at radius 1 is 1.25 bits per heavy atom. The van der Waals surface area contributed by atoms with Crippen molar-refractivity contribution in [3.8, 4) is 6.07 Å². The van der Waals surface area contributed by atoms with Crippen LogP contribution in [0.1, 0.15) is 21.7 Å². The number of benzene rings is 1. The van der Waals surface area contributed by atoms with E-state index in [4.69, 9.17) is 12.2 Å². The van der Waals surface area contributed by atoms with Crippen LogP contribution in [0.3, 0.4) is 0 Å². The number of hydrogen-bond acceptors (Lipinski definition) is 7. The number of amides is 1. The van der Waals surface area contributed by atoms with Crippen LogP contribution in [0.2, 0.25) is 0 Å². The number of H-pyrrole nitrogens is 1. The third-order valence-corrected chi connectivity index (χ3v) is 6.22. The van der Waals surface area contributed by atoms with E-state index in [9.17, 15) is 14.9 Å². The molecule has 9 nitrogen and oxygen atoms in total. The van der Waals surface area contributed by atoms with Gasteiger partial charge in [-0.25, -0.2) is 9.78 Å². The maximum absolute atomic E-state index is 12.0. The molecule has 10 heteroatoms. The van der Waals surface area contributed by atoms with Crippen LogP contribution in [0.5, 0.6) is 0 Å². The van der Waals surface area contributed by atoms with Gasteiger partial charge in [0.25, 0.3) is 5.91 Å². The van der Waals surface area contributed by atoms with Crippen molar-refractivity contribution in [2.45, 2.75) is 6.54 Å². The molecule has 0 bridgehead atoms. The minimum atomic E-state index is -0.313. The van der Waals surface area contributed by atoms with E-state index in [1.54, 1.807) is 19.2 Å². The largest absolute Gasteiger partial charge is 0.367 e. The fraction of sp³-hybridized carbons (Fsp3) is 0.318.